The van der Waals surface area contributed by atoms with Gasteiger partial charge in [-0.25, -0.2) is 0 Å². The first-order chi connectivity index (χ1) is 10.2. The fraction of sp³-hybridized carbons (Fsp3) is 0.733. The molecule has 2 aliphatic rings. The van der Waals surface area contributed by atoms with Crippen LogP contribution >= 0.6 is 0 Å². The zero-order chi connectivity index (χ0) is 14.8. The molecule has 1 aromatic rings. The number of aromatic nitrogens is 2. The van der Waals surface area contributed by atoms with Crippen molar-refractivity contribution in [3.63, 3.8) is 0 Å². The second-order valence-electron chi connectivity index (χ2n) is 6.04. The zero-order valence-electron chi connectivity index (χ0n) is 12.9. The Labute approximate surface area is 125 Å². The number of hydrogen-bond acceptors (Lipinski definition) is 4. The number of aryl methyl sites for hydroxylation is 1. The average Bonchev–Trinajstić information content (AvgIpc) is 3.25. The van der Waals surface area contributed by atoms with E-state index in [1.54, 1.807) is 7.11 Å². The lowest BCUT2D eigenvalue weighted by molar-refractivity contribution is -0.136. The van der Waals surface area contributed by atoms with Crippen molar-refractivity contribution in [3.8, 4) is 0 Å². The van der Waals surface area contributed by atoms with E-state index in [1.807, 2.05) is 22.8 Å². The minimum absolute atomic E-state index is 0.0946. The molecular formula is C15H24N4O2. The molecule has 0 atom stereocenters. The van der Waals surface area contributed by atoms with Crippen molar-refractivity contribution in [2.75, 3.05) is 39.9 Å². The maximum Gasteiger partial charge on any atom is 0.248 e. The van der Waals surface area contributed by atoms with Crippen molar-refractivity contribution >= 4 is 5.91 Å². The van der Waals surface area contributed by atoms with E-state index in [9.17, 15) is 4.79 Å². The fourth-order valence-electron chi connectivity index (χ4n) is 3.11. The van der Waals surface area contributed by atoms with Crippen molar-refractivity contribution in [1.29, 1.82) is 0 Å². The Balaban J connectivity index is 1.55. The van der Waals surface area contributed by atoms with Crippen molar-refractivity contribution in [3.05, 3.63) is 17.5 Å². The third-order valence-electron chi connectivity index (χ3n) is 4.42. The Hall–Kier alpha value is -1.40. The van der Waals surface area contributed by atoms with Crippen LogP contribution in [-0.4, -0.2) is 65.4 Å². The Kier molecular flexibility index (Phi) is 4.26. The number of piperazine rings is 1. The van der Waals surface area contributed by atoms with Crippen molar-refractivity contribution in [2.24, 2.45) is 7.05 Å². The Bertz CT molecular complexity index is 502. The molecule has 2 fully saturated rings. The van der Waals surface area contributed by atoms with Gasteiger partial charge in [-0.3, -0.25) is 14.4 Å². The molecule has 0 unspecified atom stereocenters. The number of nitrogens with zero attached hydrogens (tertiary/aromatic N) is 4. The van der Waals surface area contributed by atoms with E-state index in [2.05, 4.69) is 10.00 Å². The SMILES string of the molecule is COCC(=O)N1CCN(Cc2cnn(C)c2C2CC2)CC1. The highest BCUT2D eigenvalue weighted by Gasteiger charge is 2.30. The number of hydrogen-bond donors (Lipinski definition) is 0. The molecule has 21 heavy (non-hydrogen) atoms. The second kappa shape index (κ2) is 6.15. The van der Waals surface area contributed by atoms with Gasteiger partial charge >= 0.3 is 0 Å². The summed E-state index contributed by atoms with van der Waals surface area (Å²) in [7, 11) is 3.61. The van der Waals surface area contributed by atoms with E-state index in [0.29, 0.717) is 0 Å². The lowest BCUT2D eigenvalue weighted by Crippen LogP contribution is -2.49. The zero-order valence-corrected chi connectivity index (χ0v) is 12.9. The summed E-state index contributed by atoms with van der Waals surface area (Å²) in [6.45, 7) is 4.58. The largest absolute Gasteiger partial charge is 0.375 e. The molecule has 1 aliphatic carbocycles. The highest BCUT2D eigenvalue weighted by Crippen LogP contribution is 2.41. The Morgan fingerprint density at radius 3 is 2.67 bits per heavy atom. The molecule has 0 aromatic carbocycles. The number of methoxy groups -OCH3 is 1. The molecule has 0 spiro atoms. The first-order valence-corrected chi connectivity index (χ1v) is 7.69. The third-order valence-corrected chi connectivity index (χ3v) is 4.42. The molecule has 0 N–H and O–H groups in total. The standard InChI is InChI=1S/C15H24N4O2/c1-17-15(12-3-4-12)13(9-16-17)10-18-5-7-19(8-6-18)14(20)11-21-2/h9,12H,3-8,10-11H2,1-2H3. The highest BCUT2D eigenvalue weighted by atomic mass is 16.5. The molecule has 2 heterocycles. The number of rotatable bonds is 5. The van der Waals surface area contributed by atoms with Gasteiger partial charge < -0.3 is 9.64 Å². The summed E-state index contributed by atoms with van der Waals surface area (Å²) in [4.78, 5) is 16.1. The average molecular weight is 292 g/mol. The van der Waals surface area contributed by atoms with E-state index < -0.39 is 0 Å². The normalized spacial score (nSPS) is 20.0. The van der Waals surface area contributed by atoms with Gasteiger partial charge in [-0.2, -0.15) is 5.10 Å². The minimum atomic E-state index is 0.0946. The molecule has 1 amide bonds. The molecule has 1 saturated heterocycles. The molecule has 6 heteroatoms. The van der Waals surface area contributed by atoms with Crippen LogP contribution in [0, 0.1) is 0 Å². The molecule has 3 rings (SSSR count). The predicted octanol–water partition coefficient (Wildman–Crippen LogP) is 0.588. The lowest BCUT2D eigenvalue weighted by Gasteiger charge is -2.34. The summed E-state index contributed by atoms with van der Waals surface area (Å²) >= 11 is 0. The van der Waals surface area contributed by atoms with E-state index >= 15 is 0 Å². The maximum absolute atomic E-state index is 11.8. The third kappa shape index (κ3) is 3.27. The summed E-state index contributed by atoms with van der Waals surface area (Å²) in [6, 6.07) is 0. The molecule has 1 saturated carbocycles. The van der Waals surface area contributed by atoms with Gasteiger partial charge in [-0.15, -0.1) is 0 Å². The Morgan fingerprint density at radius 2 is 2.05 bits per heavy atom. The van der Waals surface area contributed by atoms with Gasteiger partial charge in [0.1, 0.15) is 6.61 Å². The fourth-order valence-corrected chi connectivity index (χ4v) is 3.11. The van der Waals surface area contributed by atoms with Crippen LogP contribution in [0.3, 0.4) is 0 Å². The van der Waals surface area contributed by atoms with Crippen LogP contribution in [0.2, 0.25) is 0 Å². The highest BCUT2D eigenvalue weighted by molar-refractivity contribution is 5.77. The molecule has 0 radical (unpaired) electrons. The molecule has 116 valence electrons. The predicted molar refractivity (Wildman–Crippen MR) is 78.9 cm³/mol. The van der Waals surface area contributed by atoms with Crippen molar-refractivity contribution in [2.45, 2.75) is 25.3 Å². The van der Waals surface area contributed by atoms with Gasteiger partial charge in [-0.1, -0.05) is 0 Å². The van der Waals surface area contributed by atoms with E-state index in [0.717, 1.165) is 38.6 Å². The molecule has 1 aromatic heterocycles. The van der Waals surface area contributed by atoms with E-state index in [4.69, 9.17) is 4.74 Å². The number of amides is 1. The molecule has 0 bridgehead atoms. The number of carbonyl (C=O) groups is 1. The molecule has 6 nitrogen and oxygen atoms in total. The van der Waals surface area contributed by atoms with Crippen LogP contribution in [0.25, 0.3) is 0 Å². The second-order valence-corrected chi connectivity index (χ2v) is 6.04. The number of carbonyl (C=O) groups excluding carboxylic acids is 1. The van der Waals surface area contributed by atoms with Crippen LogP contribution in [0.5, 0.6) is 0 Å². The van der Waals surface area contributed by atoms with Gasteiger partial charge in [0.15, 0.2) is 0 Å². The van der Waals surface area contributed by atoms with E-state index in [-0.39, 0.29) is 12.5 Å². The van der Waals surface area contributed by atoms with Crippen LogP contribution in [0.15, 0.2) is 6.20 Å². The van der Waals surface area contributed by atoms with Crippen LogP contribution in [0.4, 0.5) is 0 Å². The molecular weight excluding hydrogens is 268 g/mol. The lowest BCUT2D eigenvalue weighted by atomic mass is 10.1. The van der Waals surface area contributed by atoms with Crippen molar-refractivity contribution in [1.82, 2.24) is 19.6 Å². The van der Waals surface area contributed by atoms with E-state index in [1.165, 1.54) is 24.1 Å². The maximum atomic E-state index is 11.8. The van der Waals surface area contributed by atoms with Gasteiger partial charge in [-0.05, 0) is 12.8 Å². The first-order valence-electron chi connectivity index (χ1n) is 7.69. The minimum Gasteiger partial charge on any atom is -0.375 e. The summed E-state index contributed by atoms with van der Waals surface area (Å²) in [5, 5.41) is 4.42. The van der Waals surface area contributed by atoms with Crippen molar-refractivity contribution < 1.29 is 9.53 Å². The summed E-state index contributed by atoms with van der Waals surface area (Å²) in [6.07, 6.45) is 4.60. The van der Waals surface area contributed by atoms with Crippen LogP contribution in [0.1, 0.15) is 30.0 Å². The summed E-state index contributed by atoms with van der Waals surface area (Å²) in [5.74, 6) is 0.814. The molecule has 1 aliphatic heterocycles. The van der Waals surface area contributed by atoms with Gasteiger partial charge in [0.25, 0.3) is 0 Å². The first kappa shape index (κ1) is 14.5. The summed E-state index contributed by atoms with van der Waals surface area (Å²) < 4.78 is 6.95. The quantitative estimate of drug-likeness (QED) is 0.797. The smallest absolute Gasteiger partial charge is 0.248 e. The van der Waals surface area contributed by atoms with Crippen LogP contribution in [-0.2, 0) is 23.1 Å². The topological polar surface area (TPSA) is 50.6 Å². The van der Waals surface area contributed by atoms with Gasteiger partial charge in [0.05, 0.1) is 6.20 Å². The Morgan fingerprint density at radius 1 is 1.33 bits per heavy atom. The summed E-state index contributed by atoms with van der Waals surface area (Å²) in [5.41, 5.74) is 2.77. The van der Waals surface area contributed by atoms with Gasteiger partial charge in [0.2, 0.25) is 5.91 Å². The number of ether oxygens (including phenoxy) is 1. The van der Waals surface area contributed by atoms with Crippen LogP contribution < -0.4 is 0 Å². The monoisotopic (exact) mass is 292 g/mol. The van der Waals surface area contributed by atoms with Gasteiger partial charge in [0, 0.05) is 64.1 Å².